The summed E-state index contributed by atoms with van der Waals surface area (Å²) in [6.45, 7) is 0.666. The van der Waals surface area contributed by atoms with Crippen molar-refractivity contribution in [2.75, 3.05) is 0 Å². The first-order valence-corrected chi connectivity index (χ1v) is 7.34. The average Bonchev–Trinajstić information content (AvgIpc) is 2.86. The van der Waals surface area contributed by atoms with E-state index in [2.05, 4.69) is 5.10 Å². The summed E-state index contributed by atoms with van der Waals surface area (Å²) in [4.78, 5) is 12.0. The minimum Gasteiger partial charge on any atom is -0.294 e. The minimum absolute atomic E-state index is 0.0468. The lowest BCUT2D eigenvalue weighted by Gasteiger charge is -2.13. The van der Waals surface area contributed by atoms with Crippen LogP contribution < -0.4 is 0 Å². The number of carbonyl (C=O) groups is 1. The molecule has 0 spiro atoms. The first-order chi connectivity index (χ1) is 10.2. The van der Waals surface area contributed by atoms with E-state index in [1.54, 1.807) is 0 Å². The Morgan fingerprint density at radius 2 is 2.05 bits per heavy atom. The van der Waals surface area contributed by atoms with Crippen LogP contribution in [0.15, 0.2) is 24.3 Å². The molecule has 106 valence electrons. The number of Topliss-reactive ketones (excluding diaryl/α,β-unsaturated/α-hetero) is 1. The van der Waals surface area contributed by atoms with Crippen molar-refractivity contribution < 1.29 is 4.79 Å². The summed E-state index contributed by atoms with van der Waals surface area (Å²) >= 11 is 5.87. The lowest BCUT2D eigenvalue weighted by atomic mass is 9.94. The molecule has 0 fully saturated rings. The molecule has 0 atom stereocenters. The quantitative estimate of drug-likeness (QED) is 0.874. The summed E-state index contributed by atoms with van der Waals surface area (Å²) in [5.74, 6) is 0.0468. The van der Waals surface area contributed by atoms with Crippen molar-refractivity contribution in [2.24, 2.45) is 0 Å². The van der Waals surface area contributed by atoms with Gasteiger partial charge in [0.1, 0.15) is 6.07 Å². The molecule has 0 radical (unpaired) electrons. The molecule has 1 aromatic heterocycles. The highest BCUT2D eigenvalue weighted by Crippen LogP contribution is 2.24. The van der Waals surface area contributed by atoms with Crippen molar-refractivity contribution in [1.29, 1.82) is 5.26 Å². The maximum atomic E-state index is 12.0. The molecule has 0 saturated heterocycles. The number of fused-ring (bicyclic) bond motifs is 1. The van der Waals surface area contributed by atoms with E-state index in [1.807, 2.05) is 35.0 Å². The van der Waals surface area contributed by atoms with Gasteiger partial charge in [-0.25, -0.2) is 0 Å². The van der Waals surface area contributed by atoms with Crippen LogP contribution in [0, 0.1) is 11.3 Å². The van der Waals surface area contributed by atoms with Gasteiger partial charge < -0.3 is 0 Å². The third-order valence-corrected chi connectivity index (χ3v) is 4.04. The van der Waals surface area contributed by atoms with E-state index < -0.39 is 0 Å². The van der Waals surface area contributed by atoms with Crippen molar-refractivity contribution in [2.45, 2.75) is 32.2 Å². The standard InChI is InChI=1S/C16H14ClN3O/c17-12-6-4-11(5-7-12)8-9-20-14-2-1-3-15(21)16(14)13(10-18)19-20/h4-7H,1-3,8-9H2. The Morgan fingerprint density at radius 3 is 2.76 bits per heavy atom. The Bertz CT molecular complexity index is 725. The fourth-order valence-corrected chi connectivity index (χ4v) is 2.86. The normalized spacial score (nSPS) is 13.8. The number of nitriles is 1. The van der Waals surface area contributed by atoms with Gasteiger partial charge in [0.2, 0.25) is 0 Å². The van der Waals surface area contributed by atoms with Gasteiger partial charge in [0, 0.05) is 18.0 Å². The van der Waals surface area contributed by atoms with Gasteiger partial charge in [-0.1, -0.05) is 23.7 Å². The van der Waals surface area contributed by atoms with E-state index in [1.165, 1.54) is 0 Å². The Labute approximate surface area is 128 Å². The summed E-state index contributed by atoms with van der Waals surface area (Å²) in [6, 6.07) is 9.72. The van der Waals surface area contributed by atoms with E-state index in [4.69, 9.17) is 16.9 Å². The topological polar surface area (TPSA) is 58.7 Å². The van der Waals surface area contributed by atoms with Crippen LogP contribution in [0.3, 0.4) is 0 Å². The predicted molar refractivity (Wildman–Crippen MR) is 79.4 cm³/mol. The molecule has 0 saturated carbocycles. The van der Waals surface area contributed by atoms with Crippen LogP contribution in [0.25, 0.3) is 0 Å². The van der Waals surface area contributed by atoms with Gasteiger partial charge in [0.05, 0.1) is 11.3 Å². The zero-order chi connectivity index (χ0) is 14.8. The Hall–Kier alpha value is -2.12. The summed E-state index contributed by atoms with van der Waals surface area (Å²) in [7, 11) is 0. The van der Waals surface area contributed by atoms with Crippen molar-refractivity contribution in [3.63, 3.8) is 0 Å². The smallest absolute Gasteiger partial charge is 0.173 e. The third-order valence-electron chi connectivity index (χ3n) is 3.79. The highest BCUT2D eigenvalue weighted by Gasteiger charge is 2.26. The SMILES string of the molecule is N#Cc1nn(CCc2ccc(Cl)cc2)c2c1C(=O)CCC2. The van der Waals surface area contributed by atoms with Crippen LogP contribution in [0.2, 0.25) is 5.02 Å². The van der Waals surface area contributed by atoms with Gasteiger partial charge in [-0.05, 0) is 37.0 Å². The molecule has 0 unspecified atom stereocenters. The monoisotopic (exact) mass is 299 g/mol. The number of rotatable bonds is 3. The Balaban J connectivity index is 1.85. The molecule has 21 heavy (non-hydrogen) atoms. The largest absolute Gasteiger partial charge is 0.294 e. The van der Waals surface area contributed by atoms with Crippen LogP contribution in [-0.4, -0.2) is 15.6 Å². The number of carbonyl (C=O) groups excluding carboxylic acids is 1. The first-order valence-electron chi connectivity index (χ1n) is 6.96. The number of halogens is 1. The molecule has 1 heterocycles. The summed E-state index contributed by atoms with van der Waals surface area (Å²) < 4.78 is 1.82. The second-order valence-corrected chi connectivity index (χ2v) is 5.59. The Kier molecular flexibility index (Phi) is 3.76. The maximum absolute atomic E-state index is 12.0. The fraction of sp³-hybridized carbons (Fsp3) is 0.312. The third kappa shape index (κ3) is 2.70. The molecule has 1 aliphatic rings. The van der Waals surface area contributed by atoms with E-state index in [-0.39, 0.29) is 11.5 Å². The second-order valence-electron chi connectivity index (χ2n) is 5.16. The van der Waals surface area contributed by atoms with Crippen LogP contribution in [0.1, 0.15) is 40.2 Å². The number of aromatic nitrogens is 2. The molecule has 3 rings (SSSR count). The fourth-order valence-electron chi connectivity index (χ4n) is 2.73. The summed E-state index contributed by atoms with van der Waals surface area (Å²) in [6.07, 6.45) is 2.97. The van der Waals surface area contributed by atoms with Crippen molar-refractivity contribution in [3.05, 3.63) is 51.8 Å². The molecule has 0 amide bonds. The Morgan fingerprint density at radius 1 is 1.29 bits per heavy atom. The molecule has 0 N–H and O–H groups in total. The molecule has 4 nitrogen and oxygen atoms in total. The van der Waals surface area contributed by atoms with E-state index in [9.17, 15) is 4.79 Å². The van der Waals surface area contributed by atoms with Crippen LogP contribution in [-0.2, 0) is 19.4 Å². The van der Waals surface area contributed by atoms with E-state index in [0.717, 1.165) is 30.5 Å². The van der Waals surface area contributed by atoms with E-state index >= 15 is 0 Å². The lowest BCUT2D eigenvalue weighted by Crippen LogP contribution is -2.14. The molecule has 1 aliphatic carbocycles. The highest BCUT2D eigenvalue weighted by molar-refractivity contribution is 6.30. The van der Waals surface area contributed by atoms with Gasteiger partial charge in [0.15, 0.2) is 11.5 Å². The van der Waals surface area contributed by atoms with Crippen LogP contribution in [0.4, 0.5) is 0 Å². The molecule has 1 aromatic carbocycles. The lowest BCUT2D eigenvalue weighted by molar-refractivity contribution is 0.0971. The number of hydrogen-bond acceptors (Lipinski definition) is 3. The molecule has 5 heteroatoms. The number of ketones is 1. The molecule has 0 bridgehead atoms. The number of nitrogens with zero attached hydrogens (tertiary/aromatic N) is 3. The summed E-state index contributed by atoms with van der Waals surface area (Å²) in [5.41, 5.74) is 2.88. The molecule has 0 aliphatic heterocycles. The van der Waals surface area contributed by atoms with Crippen molar-refractivity contribution in [1.82, 2.24) is 9.78 Å². The molecular formula is C16H14ClN3O. The van der Waals surface area contributed by atoms with Gasteiger partial charge in [-0.2, -0.15) is 10.4 Å². The van der Waals surface area contributed by atoms with Crippen molar-refractivity contribution in [3.8, 4) is 6.07 Å². The zero-order valence-electron chi connectivity index (χ0n) is 11.5. The second kappa shape index (κ2) is 5.71. The highest BCUT2D eigenvalue weighted by atomic mass is 35.5. The van der Waals surface area contributed by atoms with Crippen molar-refractivity contribution >= 4 is 17.4 Å². The first kappa shape index (κ1) is 13.8. The van der Waals surface area contributed by atoms with Gasteiger partial charge >= 0.3 is 0 Å². The minimum atomic E-state index is 0.0468. The predicted octanol–water partition coefficient (Wildman–Crippen LogP) is 3.17. The molecule has 2 aromatic rings. The maximum Gasteiger partial charge on any atom is 0.173 e. The van der Waals surface area contributed by atoms with Crippen LogP contribution >= 0.6 is 11.6 Å². The van der Waals surface area contributed by atoms with Gasteiger partial charge in [-0.3, -0.25) is 9.48 Å². The van der Waals surface area contributed by atoms with Gasteiger partial charge in [-0.15, -0.1) is 0 Å². The number of hydrogen-bond donors (Lipinski definition) is 0. The van der Waals surface area contributed by atoms with Gasteiger partial charge in [0.25, 0.3) is 0 Å². The summed E-state index contributed by atoms with van der Waals surface area (Å²) in [5, 5.41) is 14.2. The molecular weight excluding hydrogens is 286 g/mol. The number of benzene rings is 1. The number of aryl methyl sites for hydroxylation is 2. The average molecular weight is 300 g/mol. The zero-order valence-corrected chi connectivity index (χ0v) is 12.2. The van der Waals surface area contributed by atoms with E-state index in [0.29, 0.717) is 23.6 Å². The van der Waals surface area contributed by atoms with Crippen LogP contribution in [0.5, 0.6) is 0 Å².